The minimum atomic E-state index is -0.802. The number of ether oxygens (including phenoxy) is 2. The van der Waals surface area contributed by atoms with Gasteiger partial charge in [-0.2, -0.15) is 0 Å². The molecule has 1 N–H and O–H groups in total. The molecule has 0 spiro atoms. The van der Waals surface area contributed by atoms with Crippen molar-refractivity contribution in [2.75, 3.05) is 6.61 Å². The molecule has 2 rings (SSSR count). The van der Waals surface area contributed by atoms with Crippen molar-refractivity contribution in [1.82, 2.24) is 5.32 Å². The third kappa shape index (κ3) is 4.25. The van der Waals surface area contributed by atoms with Gasteiger partial charge in [0.05, 0.1) is 18.6 Å². The largest absolute Gasteiger partial charge is 0.466 e. The van der Waals surface area contributed by atoms with Crippen LogP contribution in [0.3, 0.4) is 0 Å². The minimum Gasteiger partial charge on any atom is -0.466 e. The monoisotopic (exact) mass is 325 g/mol. The molecule has 0 aromatic rings. The highest BCUT2D eigenvalue weighted by molar-refractivity contribution is 5.84. The first kappa shape index (κ1) is 18.2. The Morgan fingerprint density at radius 1 is 1.22 bits per heavy atom. The van der Waals surface area contributed by atoms with Crippen LogP contribution in [-0.2, 0) is 19.1 Å². The third-order valence-electron chi connectivity index (χ3n) is 5.09. The standard InChI is InChI=1S/C18H31NO4/c1-5-22-16(20)14-11-18(4,17(21)23-12(2)3)19-15(14)13-9-7-6-8-10-13/h12-15,19H,5-11H2,1-4H3/t14-,15-,18-/m1/s1. The highest BCUT2D eigenvalue weighted by atomic mass is 16.5. The second-order valence-electron chi connectivity index (χ2n) is 7.42. The van der Waals surface area contributed by atoms with Crippen molar-refractivity contribution >= 4 is 11.9 Å². The number of hydrogen-bond acceptors (Lipinski definition) is 5. The van der Waals surface area contributed by atoms with Crippen molar-refractivity contribution in [3.8, 4) is 0 Å². The first-order chi connectivity index (χ1) is 10.9. The van der Waals surface area contributed by atoms with Gasteiger partial charge in [-0.05, 0) is 52.9 Å². The van der Waals surface area contributed by atoms with E-state index in [9.17, 15) is 9.59 Å². The van der Waals surface area contributed by atoms with Crippen molar-refractivity contribution in [2.45, 2.75) is 83.9 Å². The summed E-state index contributed by atoms with van der Waals surface area (Å²) in [6.45, 7) is 7.74. The summed E-state index contributed by atoms with van der Waals surface area (Å²) in [5.74, 6) is -0.272. The van der Waals surface area contributed by atoms with Gasteiger partial charge in [-0.1, -0.05) is 19.3 Å². The molecule has 0 radical (unpaired) electrons. The van der Waals surface area contributed by atoms with Gasteiger partial charge >= 0.3 is 11.9 Å². The van der Waals surface area contributed by atoms with Gasteiger partial charge in [0.2, 0.25) is 0 Å². The first-order valence-electron chi connectivity index (χ1n) is 9.02. The molecule has 0 aromatic carbocycles. The molecule has 0 aromatic heterocycles. The maximum absolute atomic E-state index is 12.5. The first-order valence-corrected chi connectivity index (χ1v) is 9.02. The number of rotatable bonds is 5. The summed E-state index contributed by atoms with van der Waals surface area (Å²) < 4.78 is 10.7. The summed E-state index contributed by atoms with van der Waals surface area (Å²) in [4.78, 5) is 24.9. The number of hydrogen-bond donors (Lipinski definition) is 1. The van der Waals surface area contributed by atoms with Crippen LogP contribution in [0.25, 0.3) is 0 Å². The predicted octanol–water partition coefficient (Wildman–Crippen LogP) is 2.82. The van der Waals surface area contributed by atoms with E-state index in [1.165, 1.54) is 19.3 Å². The number of carbonyl (C=O) groups is 2. The van der Waals surface area contributed by atoms with Gasteiger partial charge in [0.1, 0.15) is 5.54 Å². The Morgan fingerprint density at radius 3 is 2.43 bits per heavy atom. The lowest BCUT2D eigenvalue weighted by atomic mass is 9.79. The molecule has 2 aliphatic rings. The molecule has 0 unspecified atom stereocenters. The fourth-order valence-corrected chi connectivity index (χ4v) is 4.00. The molecule has 1 saturated heterocycles. The van der Waals surface area contributed by atoms with Gasteiger partial charge in [-0.3, -0.25) is 14.9 Å². The van der Waals surface area contributed by atoms with E-state index in [1.54, 1.807) is 0 Å². The van der Waals surface area contributed by atoms with Crippen LogP contribution in [-0.4, -0.2) is 36.2 Å². The van der Waals surface area contributed by atoms with E-state index in [-0.39, 0.29) is 30.0 Å². The van der Waals surface area contributed by atoms with Crippen LogP contribution in [0.5, 0.6) is 0 Å². The summed E-state index contributed by atoms with van der Waals surface area (Å²) in [6.07, 6.45) is 6.19. The minimum absolute atomic E-state index is 0.0130. The molecule has 0 amide bonds. The zero-order chi connectivity index (χ0) is 17.0. The average Bonchev–Trinajstić information content (AvgIpc) is 2.87. The van der Waals surface area contributed by atoms with Crippen LogP contribution in [0.2, 0.25) is 0 Å². The summed E-state index contributed by atoms with van der Waals surface area (Å²) in [7, 11) is 0. The van der Waals surface area contributed by atoms with Gasteiger partial charge in [0.15, 0.2) is 0 Å². The zero-order valence-corrected chi connectivity index (χ0v) is 14.9. The van der Waals surface area contributed by atoms with Crippen molar-refractivity contribution in [3.05, 3.63) is 0 Å². The molecule has 3 atom stereocenters. The summed E-state index contributed by atoms with van der Waals surface area (Å²) >= 11 is 0. The van der Waals surface area contributed by atoms with Crippen LogP contribution in [0.15, 0.2) is 0 Å². The molecule has 1 saturated carbocycles. The van der Waals surface area contributed by atoms with Gasteiger partial charge in [-0.15, -0.1) is 0 Å². The Hall–Kier alpha value is -1.10. The smallest absolute Gasteiger partial charge is 0.326 e. The van der Waals surface area contributed by atoms with Crippen molar-refractivity contribution in [2.24, 2.45) is 11.8 Å². The molecule has 1 heterocycles. The summed E-state index contributed by atoms with van der Waals surface area (Å²) in [5, 5.41) is 3.46. The lowest BCUT2D eigenvalue weighted by Gasteiger charge is -2.32. The maximum atomic E-state index is 12.5. The third-order valence-corrected chi connectivity index (χ3v) is 5.09. The second kappa shape index (κ2) is 7.65. The molecule has 1 aliphatic carbocycles. The molecule has 23 heavy (non-hydrogen) atoms. The normalized spacial score (nSPS) is 32.0. The van der Waals surface area contributed by atoms with E-state index in [2.05, 4.69) is 5.32 Å². The molecule has 1 aliphatic heterocycles. The van der Waals surface area contributed by atoms with E-state index in [0.717, 1.165) is 12.8 Å². The predicted molar refractivity (Wildman–Crippen MR) is 87.9 cm³/mol. The van der Waals surface area contributed by atoms with E-state index >= 15 is 0 Å². The number of carbonyl (C=O) groups excluding carboxylic acids is 2. The van der Waals surface area contributed by atoms with E-state index in [4.69, 9.17) is 9.47 Å². The quantitative estimate of drug-likeness (QED) is 0.788. The lowest BCUT2D eigenvalue weighted by molar-refractivity contribution is -0.154. The number of nitrogens with one attached hydrogen (secondary N) is 1. The molecule has 5 heteroatoms. The number of esters is 2. The Bertz CT molecular complexity index is 431. The highest BCUT2D eigenvalue weighted by Crippen LogP contribution is 2.39. The van der Waals surface area contributed by atoms with E-state index in [1.807, 2.05) is 27.7 Å². The van der Waals surface area contributed by atoms with Crippen LogP contribution < -0.4 is 5.32 Å². The molecule has 0 bridgehead atoms. The zero-order valence-electron chi connectivity index (χ0n) is 14.9. The van der Waals surface area contributed by atoms with Crippen molar-refractivity contribution in [3.63, 3.8) is 0 Å². The topological polar surface area (TPSA) is 64.6 Å². The molecule has 132 valence electrons. The summed E-state index contributed by atoms with van der Waals surface area (Å²) in [5.41, 5.74) is -0.802. The van der Waals surface area contributed by atoms with Gasteiger partial charge in [-0.25, -0.2) is 0 Å². The fourth-order valence-electron chi connectivity index (χ4n) is 4.00. The maximum Gasteiger partial charge on any atom is 0.326 e. The fraction of sp³-hybridized carbons (Fsp3) is 0.889. The molecular weight excluding hydrogens is 294 g/mol. The Labute approximate surface area is 139 Å². The molecule has 5 nitrogen and oxygen atoms in total. The molecule has 2 fully saturated rings. The highest BCUT2D eigenvalue weighted by Gasteiger charge is 2.52. The van der Waals surface area contributed by atoms with Crippen LogP contribution in [0.1, 0.15) is 66.2 Å². The van der Waals surface area contributed by atoms with E-state index in [0.29, 0.717) is 18.9 Å². The Morgan fingerprint density at radius 2 is 1.87 bits per heavy atom. The lowest BCUT2D eigenvalue weighted by Crippen LogP contribution is -2.51. The van der Waals surface area contributed by atoms with Crippen LogP contribution in [0, 0.1) is 11.8 Å². The summed E-state index contributed by atoms with van der Waals surface area (Å²) in [6, 6.07) is 0.0130. The van der Waals surface area contributed by atoms with E-state index < -0.39 is 5.54 Å². The molecular formula is C18H31NO4. The van der Waals surface area contributed by atoms with Gasteiger partial charge in [0.25, 0.3) is 0 Å². The average molecular weight is 325 g/mol. The van der Waals surface area contributed by atoms with Crippen molar-refractivity contribution < 1.29 is 19.1 Å². The van der Waals surface area contributed by atoms with Crippen LogP contribution in [0.4, 0.5) is 0 Å². The van der Waals surface area contributed by atoms with Gasteiger partial charge in [0, 0.05) is 6.04 Å². The Balaban J connectivity index is 2.16. The Kier molecular flexibility index (Phi) is 6.06. The van der Waals surface area contributed by atoms with Crippen LogP contribution >= 0.6 is 0 Å². The van der Waals surface area contributed by atoms with Gasteiger partial charge < -0.3 is 9.47 Å². The van der Waals surface area contributed by atoms with Crippen molar-refractivity contribution in [1.29, 1.82) is 0 Å². The second-order valence-corrected chi connectivity index (χ2v) is 7.42. The SMILES string of the molecule is CCOC(=O)[C@@H]1C[C@](C)(C(=O)OC(C)C)N[C@@H]1C1CCCCC1.